The molecule has 2 N–H and O–H groups in total. The molecule has 2 fully saturated rings. The van der Waals surface area contributed by atoms with Crippen LogP contribution in [0.2, 0.25) is 0 Å². The number of rotatable bonds is 6. The predicted octanol–water partition coefficient (Wildman–Crippen LogP) is 2.80. The zero-order valence-corrected chi connectivity index (χ0v) is 14.0. The second kappa shape index (κ2) is 7.45. The number of hydrogen-bond acceptors (Lipinski definition) is 3. The molecule has 1 saturated carbocycles. The highest BCUT2D eigenvalue weighted by molar-refractivity contribution is 5.79. The minimum Gasteiger partial charge on any atom is -0.381 e. The Morgan fingerprint density at radius 2 is 2.04 bits per heavy atom. The van der Waals surface area contributed by atoms with Crippen molar-refractivity contribution < 1.29 is 9.53 Å². The lowest BCUT2D eigenvalue weighted by Gasteiger charge is -2.34. The Bertz CT molecular complexity index is 505. The lowest BCUT2D eigenvalue weighted by Crippen LogP contribution is -2.53. The van der Waals surface area contributed by atoms with Gasteiger partial charge in [0, 0.05) is 24.7 Å². The van der Waals surface area contributed by atoms with E-state index in [0.717, 1.165) is 25.8 Å². The third kappa shape index (κ3) is 4.12. The van der Waals surface area contributed by atoms with E-state index in [2.05, 4.69) is 41.8 Å². The highest BCUT2D eigenvalue weighted by atomic mass is 16.5. The average molecular weight is 316 g/mol. The van der Waals surface area contributed by atoms with Crippen LogP contribution in [0.5, 0.6) is 0 Å². The summed E-state index contributed by atoms with van der Waals surface area (Å²) in [5.41, 5.74) is 1.33. The zero-order chi connectivity index (χ0) is 16.1. The topological polar surface area (TPSA) is 50.4 Å². The van der Waals surface area contributed by atoms with Crippen LogP contribution in [0.25, 0.3) is 0 Å². The lowest BCUT2D eigenvalue weighted by molar-refractivity contribution is -0.125. The van der Waals surface area contributed by atoms with Gasteiger partial charge in [-0.2, -0.15) is 0 Å². The van der Waals surface area contributed by atoms with Crippen LogP contribution >= 0.6 is 0 Å². The summed E-state index contributed by atoms with van der Waals surface area (Å²) in [6.45, 7) is 4.22. The van der Waals surface area contributed by atoms with Gasteiger partial charge in [0.15, 0.2) is 0 Å². The molecule has 4 heteroatoms. The summed E-state index contributed by atoms with van der Waals surface area (Å²) in [6.07, 6.45) is 5.58. The van der Waals surface area contributed by atoms with Gasteiger partial charge in [0.25, 0.3) is 0 Å². The Morgan fingerprint density at radius 3 is 2.70 bits per heavy atom. The highest BCUT2D eigenvalue weighted by Crippen LogP contribution is 2.32. The van der Waals surface area contributed by atoms with Crippen molar-refractivity contribution in [1.82, 2.24) is 10.6 Å². The van der Waals surface area contributed by atoms with E-state index in [1.165, 1.54) is 18.4 Å². The number of nitrogens with one attached hydrogen (secondary N) is 2. The number of ether oxygens (including phenoxy) is 1. The largest absolute Gasteiger partial charge is 0.381 e. The molecule has 23 heavy (non-hydrogen) atoms. The number of hydrogen-bond donors (Lipinski definition) is 2. The first-order valence-corrected chi connectivity index (χ1v) is 8.87. The Morgan fingerprint density at radius 1 is 1.30 bits per heavy atom. The summed E-state index contributed by atoms with van der Waals surface area (Å²) in [5, 5.41) is 6.99. The minimum absolute atomic E-state index is 0.0321. The number of carbonyl (C=O) groups is 1. The smallest absolute Gasteiger partial charge is 0.225 e. The minimum atomic E-state index is 0.0321. The normalized spacial score (nSPS) is 24.5. The van der Waals surface area contributed by atoms with Crippen molar-refractivity contribution in [2.75, 3.05) is 19.8 Å². The molecular weight excluding hydrogens is 288 g/mol. The van der Waals surface area contributed by atoms with Crippen LogP contribution < -0.4 is 10.6 Å². The fourth-order valence-electron chi connectivity index (χ4n) is 3.85. The molecule has 0 unspecified atom stereocenters. The van der Waals surface area contributed by atoms with Crippen molar-refractivity contribution in [3.8, 4) is 0 Å². The molecule has 0 aromatic heterocycles. The summed E-state index contributed by atoms with van der Waals surface area (Å²) in [6, 6.07) is 10.8. The van der Waals surface area contributed by atoms with Gasteiger partial charge in [-0.3, -0.25) is 4.79 Å². The molecular formula is C19H28N2O2. The fourth-order valence-corrected chi connectivity index (χ4v) is 3.85. The first kappa shape index (κ1) is 16.5. The average Bonchev–Trinajstić information content (AvgIpc) is 3.26. The molecule has 3 rings (SSSR count). The van der Waals surface area contributed by atoms with Crippen LogP contribution in [0, 0.1) is 5.92 Å². The van der Waals surface area contributed by atoms with Crippen LogP contribution in [0.1, 0.15) is 50.6 Å². The van der Waals surface area contributed by atoms with E-state index in [1.807, 2.05) is 6.07 Å². The van der Waals surface area contributed by atoms with E-state index in [4.69, 9.17) is 4.74 Å². The summed E-state index contributed by atoms with van der Waals surface area (Å²) >= 11 is 0. The van der Waals surface area contributed by atoms with E-state index < -0.39 is 0 Å². The SMILES string of the molecule is C[C@@H](NC1(CNC(=O)[C@H]2CCOC2)CCCC1)c1ccccc1. The maximum atomic E-state index is 12.3. The molecule has 1 aromatic carbocycles. The number of amides is 1. The number of benzene rings is 1. The maximum Gasteiger partial charge on any atom is 0.225 e. The van der Waals surface area contributed by atoms with Gasteiger partial charge in [0.2, 0.25) is 5.91 Å². The van der Waals surface area contributed by atoms with Gasteiger partial charge in [0.05, 0.1) is 12.5 Å². The monoisotopic (exact) mass is 316 g/mol. The second-order valence-electron chi connectivity index (χ2n) is 7.04. The molecule has 126 valence electrons. The predicted molar refractivity (Wildman–Crippen MR) is 91.1 cm³/mol. The summed E-state index contributed by atoms with van der Waals surface area (Å²) < 4.78 is 5.32. The molecule has 1 amide bonds. The third-order valence-corrected chi connectivity index (χ3v) is 5.28. The fraction of sp³-hybridized carbons (Fsp3) is 0.632. The molecule has 1 saturated heterocycles. The molecule has 0 spiro atoms. The van der Waals surface area contributed by atoms with Crippen molar-refractivity contribution >= 4 is 5.91 Å². The second-order valence-corrected chi connectivity index (χ2v) is 7.04. The molecule has 1 aliphatic heterocycles. The van der Waals surface area contributed by atoms with Gasteiger partial charge in [-0.25, -0.2) is 0 Å². The van der Waals surface area contributed by atoms with Gasteiger partial charge in [-0.15, -0.1) is 0 Å². The Labute approximate surface area is 139 Å². The van der Waals surface area contributed by atoms with Crippen molar-refractivity contribution in [1.29, 1.82) is 0 Å². The van der Waals surface area contributed by atoms with Crippen LogP contribution in [-0.2, 0) is 9.53 Å². The molecule has 0 radical (unpaired) electrons. The Hall–Kier alpha value is -1.39. The maximum absolute atomic E-state index is 12.3. The van der Waals surface area contributed by atoms with Gasteiger partial charge < -0.3 is 15.4 Å². The van der Waals surface area contributed by atoms with E-state index >= 15 is 0 Å². The van der Waals surface area contributed by atoms with Crippen LogP contribution in [0.4, 0.5) is 0 Å². The van der Waals surface area contributed by atoms with Crippen molar-refractivity contribution in [2.24, 2.45) is 5.92 Å². The van der Waals surface area contributed by atoms with E-state index in [-0.39, 0.29) is 17.4 Å². The van der Waals surface area contributed by atoms with Crippen LogP contribution in [-0.4, -0.2) is 31.2 Å². The molecule has 2 aliphatic rings. The van der Waals surface area contributed by atoms with Gasteiger partial charge in [-0.1, -0.05) is 43.2 Å². The molecule has 0 bridgehead atoms. The zero-order valence-electron chi connectivity index (χ0n) is 14.0. The van der Waals surface area contributed by atoms with Crippen molar-refractivity contribution in [3.63, 3.8) is 0 Å². The van der Waals surface area contributed by atoms with Gasteiger partial charge in [-0.05, 0) is 31.7 Å². The van der Waals surface area contributed by atoms with E-state index in [0.29, 0.717) is 19.3 Å². The Balaban J connectivity index is 1.59. The quantitative estimate of drug-likeness (QED) is 0.848. The number of carbonyl (C=O) groups excluding carboxylic acids is 1. The molecule has 1 aliphatic carbocycles. The standard InChI is InChI=1S/C19H28N2O2/c1-15(16-7-3-2-4-8-16)21-19(10-5-6-11-19)14-20-18(22)17-9-12-23-13-17/h2-4,7-8,15,17,21H,5-6,9-14H2,1H3,(H,20,22)/t15-,17+/m1/s1. The van der Waals surface area contributed by atoms with Crippen molar-refractivity contribution in [3.05, 3.63) is 35.9 Å². The summed E-state index contributed by atoms with van der Waals surface area (Å²) in [4.78, 5) is 12.3. The van der Waals surface area contributed by atoms with E-state index in [9.17, 15) is 4.79 Å². The molecule has 4 nitrogen and oxygen atoms in total. The molecule has 1 aromatic rings. The van der Waals surface area contributed by atoms with Crippen LogP contribution in [0.15, 0.2) is 30.3 Å². The van der Waals surface area contributed by atoms with Crippen molar-refractivity contribution in [2.45, 2.75) is 50.6 Å². The first-order chi connectivity index (χ1) is 11.2. The summed E-state index contributed by atoms with van der Waals surface area (Å²) in [5.74, 6) is 0.197. The summed E-state index contributed by atoms with van der Waals surface area (Å²) in [7, 11) is 0. The first-order valence-electron chi connectivity index (χ1n) is 8.87. The molecule has 2 atom stereocenters. The van der Waals surface area contributed by atoms with Gasteiger partial charge in [0.1, 0.15) is 0 Å². The third-order valence-electron chi connectivity index (χ3n) is 5.28. The highest BCUT2D eigenvalue weighted by Gasteiger charge is 2.36. The lowest BCUT2D eigenvalue weighted by atomic mass is 9.94. The molecule has 1 heterocycles. The van der Waals surface area contributed by atoms with Gasteiger partial charge >= 0.3 is 0 Å². The Kier molecular flexibility index (Phi) is 5.34. The van der Waals surface area contributed by atoms with E-state index in [1.54, 1.807) is 0 Å². The van der Waals surface area contributed by atoms with Crippen LogP contribution in [0.3, 0.4) is 0 Å².